The normalized spacial score (nSPS) is 15.1. The molecule has 6 heteroatoms. The smallest absolute Gasteiger partial charge is 0.191 e. The van der Waals surface area contributed by atoms with Crippen LogP contribution < -0.4 is 0 Å². The highest BCUT2D eigenvalue weighted by molar-refractivity contribution is 7.99. The second-order valence-electron chi connectivity index (χ2n) is 3.86. The molecule has 1 aliphatic rings. The molecule has 0 N–H and O–H groups in total. The highest BCUT2D eigenvalue weighted by atomic mass is 32.2. The summed E-state index contributed by atoms with van der Waals surface area (Å²) < 4.78 is 7.33. The fourth-order valence-electron chi connectivity index (χ4n) is 1.97. The van der Waals surface area contributed by atoms with Crippen molar-refractivity contribution in [3.05, 3.63) is 11.5 Å². The van der Waals surface area contributed by atoms with Crippen LogP contribution in [-0.4, -0.2) is 25.7 Å². The van der Waals surface area contributed by atoms with E-state index in [1.807, 2.05) is 13.8 Å². The van der Waals surface area contributed by atoms with E-state index in [2.05, 4.69) is 19.9 Å². The van der Waals surface area contributed by atoms with Gasteiger partial charge in [0.05, 0.1) is 11.3 Å². The van der Waals surface area contributed by atoms with Crippen molar-refractivity contribution < 1.29 is 4.52 Å². The molecule has 0 aromatic carbocycles. The molecule has 2 aromatic rings. The largest absolute Gasteiger partial charge is 0.361 e. The van der Waals surface area contributed by atoms with E-state index in [-0.39, 0.29) is 0 Å². The topological polar surface area (TPSA) is 56.7 Å². The molecule has 0 spiro atoms. The Morgan fingerprint density at radius 1 is 1.31 bits per heavy atom. The van der Waals surface area contributed by atoms with Crippen LogP contribution in [-0.2, 0) is 6.54 Å². The zero-order chi connectivity index (χ0) is 11.1. The summed E-state index contributed by atoms with van der Waals surface area (Å²) in [7, 11) is 0. The van der Waals surface area contributed by atoms with E-state index in [0.717, 1.165) is 46.7 Å². The summed E-state index contributed by atoms with van der Waals surface area (Å²) in [6.07, 6.45) is 1.16. The Morgan fingerprint density at radius 2 is 2.19 bits per heavy atom. The molecule has 2 aromatic heterocycles. The molecule has 0 atom stereocenters. The quantitative estimate of drug-likeness (QED) is 0.758. The van der Waals surface area contributed by atoms with E-state index >= 15 is 0 Å². The lowest BCUT2D eigenvalue weighted by Gasteiger charge is -2.13. The average molecular weight is 236 g/mol. The maximum absolute atomic E-state index is 5.17. The Morgan fingerprint density at radius 3 is 2.94 bits per heavy atom. The van der Waals surface area contributed by atoms with Gasteiger partial charge in [0.15, 0.2) is 11.0 Å². The molecule has 0 aliphatic carbocycles. The monoisotopic (exact) mass is 236 g/mol. The van der Waals surface area contributed by atoms with Crippen molar-refractivity contribution in [2.45, 2.75) is 32.0 Å². The number of rotatable bonds is 1. The second kappa shape index (κ2) is 3.62. The number of hydrogen-bond donors (Lipinski definition) is 0. The van der Waals surface area contributed by atoms with E-state index in [9.17, 15) is 0 Å². The zero-order valence-electron chi connectivity index (χ0n) is 9.23. The van der Waals surface area contributed by atoms with Gasteiger partial charge in [-0.15, -0.1) is 10.2 Å². The molecular formula is C10H12N4OS. The van der Waals surface area contributed by atoms with Gasteiger partial charge in [0.25, 0.3) is 0 Å². The third kappa shape index (κ3) is 1.36. The van der Waals surface area contributed by atoms with Gasteiger partial charge in [-0.25, -0.2) is 0 Å². The van der Waals surface area contributed by atoms with Gasteiger partial charge in [-0.2, -0.15) is 0 Å². The first-order chi connectivity index (χ1) is 7.77. The predicted molar refractivity (Wildman–Crippen MR) is 60.3 cm³/mol. The van der Waals surface area contributed by atoms with Crippen molar-refractivity contribution >= 4 is 11.8 Å². The van der Waals surface area contributed by atoms with Crippen LogP contribution >= 0.6 is 11.8 Å². The Hall–Kier alpha value is -1.30. The van der Waals surface area contributed by atoms with Crippen molar-refractivity contribution in [2.75, 3.05) is 5.75 Å². The maximum Gasteiger partial charge on any atom is 0.191 e. The summed E-state index contributed by atoms with van der Waals surface area (Å²) in [5, 5.41) is 13.4. The van der Waals surface area contributed by atoms with Crippen LogP contribution in [0.3, 0.4) is 0 Å². The number of aryl methyl sites for hydroxylation is 2. The molecular weight excluding hydrogens is 224 g/mol. The molecule has 0 saturated carbocycles. The van der Waals surface area contributed by atoms with Crippen molar-refractivity contribution in [1.29, 1.82) is 0 Å². The van der Waals surface area contributed by atoms with Crippen molar-refractivity contribution in [2.24, 2.45) is 0 Å². The van der Waals surface area contributed by atoms with Gasteiger partial charge in [-0.05, 0) is 20.3 Å². The number of thioether (sulfide) groups is 1. The van der Waals surface area contributed by atoms with Gasteiger partial charge in [-0.3, -0.25) is 0 Å². The van der Waals surface area contributed by atoms with Crippen molar-refractivity contribution in [1.82, 2.24) is 19.9 Å². The Labute approximate surface area is 97.2 Å². The predicted octanol–water partition coefficient (Wildman–Crippen LogP) is 2.05. The summed E-state index contributed by atoms with van der Waals surface area (Å²) in [5.74, 6) is 2.82. The third-order valence-corrected chi connectivity index (χ3v) is 3.78. The molecule has 16 heavy (non-hydrogen) atoms. The highest BCUT2D eigenvalue weighted by Crippen LogP contribution is 2.31. The lowest BCUT2D eigenvalue weighted by Crippen LogP contribution is -2.08. The van der Waals surface area contributed by atoms with Crippen LogP contribution in [0, 0.1) is 13.8 Å². The van der Waals surface area contributed by atoms with Gasteiger partial charge < -0.3 is 9.09 Å². The van der Waals surface area contributed by atoms with Crippen LogP contribution in [0.4, 0.5) is 0 Å². The summed E-state index contributed by atoms with van der Waals surface area (Å²) in [4.78, 5) is 0. The molecule has 3 rings (SSSR count). The minimum Gasteiger partial charge on any atom is -0.361 e. The molecule has 0 fully saturated rings. The Bertz CT molecular complexity index is 511. The first kappa shape index (κ1) is 9.89. The molecule has 0 saturated heterocycles. The van der Waals surface area contributed by atoms with Gasteiger partial charge >= 0.3 is 0 Å². The summed E-state index contributed by atoms with van der Waals surface area (Å²) >= 11 is 1.76. The average Bonchev–Trinajstić information content (AvgIpc) is 2.83. The van der Waals surface area contributed by atoms with E-state index in [4.69, 9.17) is 4.52 Å². The zero-order valence-corrected chi connectivity index (χ0v) is 10.0. The van der Waals surface area contributed by atoms with E-state index < -0.39 is 0 Å². The lowest BCUT2D eigenvalue weighted by molar-refractivity contribution is 0.393. The van der Waals surface area contributed by atoms with Gasteiger partial charge in [0.2, 0.25) is 0 Å². The van der Waals surface area contributed by atoms with Crippen molar-refractivity contribution in [3.63, 3.8) is 0 Å². The molecule has 1 aliphatic heterocycles. The van der Waals surface area contributed by atoms with Crippen LogP contribution in [0.15, 0.2) is 9.68 Å². The first-order valence-corrected chi connectivity index (χ1v) is 6.25. The fraction of sp³-hybridized carbons (Fsp3) is 0.500. The number of hydrogen-bond acceptors (Lipinski definition) is 5. The minimum atomic E-state index is 0.809. The first-order valence-electron chi connectivity index (χ1n) is 5.26. The number of nitrogens with zero attached hydrogens (tertiary/aromatic N) is 4. The molecule has 0 bridgehead atoms. The molecule has 3 heterocycles. The number of aromatic nitrogens is 4. The summed E-state index contributed by atoms with van der Waals surface area (Å²) in [6.45, 7) is 4.82. The standard InChI is InChI=1S/C10H12N4OS/c1-6-8(7(2)15-13-6)9-11-12-10-14(9)4-3-5-16-10/h3-5H2,1-2H3. The van der Waals surface area contributed by atoms with E-state index in [0.29, 0.717) is 0 Å². The fourth-order valence-corrected chi connectivity index (χ4v) is 2.86. The van der Waals surface area contributed by atoms with Gasteiger partial charge in [0, 0.05) is 12.3 Å². The number of fused-ring (bicyclic) bond motifs is 1. The van der Waals surface area contributed by atoms with Crippen LogP contribution in [0.5, 0.6) is 0 Å². The van der Waals surface area contributed by atoms with Gasteiger partial charge in [-0.1, -0.05) is 16.9 Å². The highest BCUT2D eigenvalue weighted by Gasteiger charge is 2.22. The molecule has 5 nitrogen and oxygen atoms in total. The molecule has 0 radical (unpaired) electrons. The molecule has 0 amide bonds. The van der Waals surface area contributed by atoms with Crippen LogP contribution in [0.2, 0.25) is 0 Å². The van der Waals surface area contributed by atoms with Crippen LogP contribution in [0.1, 0.15) is 17.9 Å². The SMILES string of the molecule is Cc1noc(C)c1-c1nnc2n1CCCS2. The van der Waals surface area contributed by atoms with Crippen LogP contribution in [0.25, 0.3) is 11.4 Å². The van der Waals surface area contributed by atoms with E-state index in [1.165, 1.54) is 0 Å². The second-order valence-corrected chi connectivity index (χ2v) is 4.92. The minimum absolute atomic E-state index is 0.809. The Balaban J connectivity index is 2.17. The van der Waals surface area contributed by atoms with E-state index in [1.54, 1.807) is 11.8 Å². The van der Waals surface area contributed by atoms with Gasteiger partial charge in [0.1, 0.15) is 5.76 Å². The summed E-state index contributed by atoms with van der Waals surface area (Å²) in [5.41, 5.74) is 1.87. The molecule has 84 valence electrons. The van der Waals surface area contributed by atoms with Crippen molar-refractivity contribution in [3.8, 4) is 11.4 Å². The third-order valence-electron chi connectivity index (χ3n) is 2.73. The Kier molecular flexibility index (Phi) is 2.24. The summed E-state index contributed by atoms with van der Waals surface area (Å²) in [6, 6.07) is 0. The maximum atomic E-state index is 5.17. The lowest BCUT2D eigenvalue weighted by atomic mass is 10.2. The molecule has 0 unspecified atom stereocenters.